The Kier molecular flexibility index (Phi) is 5.24. The zero-order valence-corrected chi connectivity index (χ0v) is 12.2. The van der Waals surface area contributed by atoms with Crippen molar-refractivity contribution in [2.24, 2.45) is 0 Å². The fourth-order valence-corrected chi connectivity index (χ4v) is 1.79. The van der Waals surface area contributed by atoms with Crippen LogP contribution in [0.1, 0.15) is 6.92 Å². The molecule has 2 N–H and O–H groups in total. The molecule has 0 fully saturated rings. The van der Waals surface area contributed by atoms with Crippen molar-refractivity contribution in [2.75, 3.05) is 17.2 Å². The molecular weight excluding hydrogens is 306 g/mol. The maximum atomic E-state index is 13.1. The van der Waals surface area contributed by atoms with Crippen molar-refractivity contribution in [3.63, 3.8) is 0 Å². The van der Waals surface area contributed by atoms with Crippen LogP contribution in [-0.2, 0) is 9.59 Å². The summed E-state index contributed by atoms with van der Waals surface area (Å²) in [6, 6.07) is 9.41. The van der Waals surface area contributed by atoms with Gasteiger partial charge in [-0.15, -0.1) is 0 Å². The minimum Gasteiger partial charge on any atom is -0.492 e. The monoisotopic (exact) mass is 320 g/mol. The summed E-state index contributed by atoms with van der Waals surface area (Å²) >= 11 is 0. The van der Waals surface area contributed by atoms with Gasteiger partial charge in [-0.2, -0.15) is 0 Å². The molecule has 0 aromatic heterocycles. The highest BCUT2D eigenvalue weighted by atomic mass is 19.2. The first-order valence-electron chi connectivity index (χ1n) is 6.80. The van der Waals surface area contributed by atoms with Crippen LogP contribution in [0.3, 0.4) is 0 Å². The fraction of sp³-hybridized carbons (Fsp3) is 0.125. The van der Waals surface area contributed by atoms with E-state index in [1.165, 1.54) is 0 Å². The first-order chi connectivity index (χ1) is 11.0. The van der Waals surface area contributed by atoms with E-state index in [0.29, 0.717) is 18.0 Å². The summed E-state index contributed by atoms with van der Waals surface area (Å²) in [5, 5.41) is 4.58. The van der Waals surface area contributed by atoms with Crippen LogP contribution in [-0.4, -0.2) is 18.4 Å². The molecule has 2 rings (SSSR count). The van der Waals surface area contributed by atoms with Gasteiger partial charge in [-0.05, 0) is 31.2 Å². The third-order valence-corrected chi connectivity index (χ3v) is 2.82. The molecule has 0 aliphatic rings. The molecule has 0 aliphatic carbocycles. The topological polar surface area (TPSA) is 67.4 Å². The molecule has 5 nitrogen and oxygen atoms in total. The van der Waals surface area contributed by atoms with E-state index in [1.54, 1.807) is 31.2 Å². The largest absolute Gasteiger partial charge is 0.492 e. The van der Waals surface area contributed by atoms with Gasteiger partial charge in [0.1, 0.15) is 5.75 Å². The summed E-state index contributed by atoms with van der Waals surface area (Å²) in [5.74, 6) is -3.71. The van der Waals surface area contributed by atoms with Crippen LogP contribution in [0, 0.1) is 11.6 Å². The molecular formula is C16H14F2N2O3. The van der Waals surface area contributed by atoms with Crippen molar-refractivity contribution in [3.05, 3.63) is 54.1 Å². The Balaban J connectivity index is 2.05. The number of carbonyl (C=O) groups excluding carboxylic acids is 2. The van der Waals surface area contributed by atoms with Crippen molar-refractivity contribution < 1.29 is 23.1 Å². The highest BCUT2D eigenvalue weighted by Gasteiger charge is 2.16. The maximum Gasteiger partial charge on any atom is 0.314 e. The zero-order valence-electron chi connectivity index (χ0n) is 12.2. The number of hydrogen-bond donors (Lipinski definition) is 2. The molecule has 0 spiro atoms. The molecule has 0 saturated heterocycles. The van der Waals surface area contributed by atoms with Gasteiger partial charge in [-0.3, -0.25) is 9.59 Å². The van der Waals surface area contributed by atoms with Crippen molar-refractivity contribution in [2.45, 2.75) is 6.92 Å². The number of halogens is 2. The van der Waals surface area contributed by atoms with E-state index in [0.717, 1.165) is 18.2 Å². The lowest BCUT2D eigenvalue weighted by Crippen LogP contribution is -2.29. The predicted molar refractivity (Wildman–Crippen MR) is 81.2 cm³/mol. The van der Waals surface area contributed by atoms with Crippen LogP contribution in [0.4, 0.5) is 20.2 Å². The summed E-state index contributed by atoms with van der Waals surface area (Å²) in [5.41, 5.74) is 0.307. The number of nitrogens with one attached hydrogen (secondary N) is 2. The Morgan fingerprint density at radius 1 is 1.00 bits per heavy atom. The van der Waals surface area contributed by atoms with Gasteiger partial charge in [0.15, 0.2) is 11.6 Å². The summed E-state index contributed by atoms with van der Waals surface area (Å²) in [6.45, 7) is 2.18. The van der Waals surface area contributed by atoms with Crippen LogP contribution < -0.4 is 15.4 Å². The number of anilines is 2. The minimum absolute atomic E-state index is 0.0258. The van der Waals surface area contributed by atoms with Gasteiger partial charge in [0.25, 0.3) is 0 Å². The van der Waals surface area contributed by atoms with Gasteiger partial charge in [0.05, 0.1) is 12.3 Å². The Labute approximate surface area is 131 Å². The maximum absolute atomic E-state index is 13.1. The molecule has 0 bridgehead atoms. The molecule has 0 heterocycles. The summed E-state index contributed by atoms with van der Waals surface area (Å²) in [4.78, 5) is 23.7. The Morgan fingerprint density at radius 2 is 1.70 bits per heavy atom. The van der Waals surface area contributed by atoms with Gasteiger partial charge in [-0.25, -0.2) is 8.78 Å². The highest BCUT2D eigenvalue weighted by molar-refractivity contribution is 6.43. The van der Waals surface area contributed by atoms with Gasteiger partial charge in [0, 0.05) is 11.8 Å². The van der Waals surface area contributed by atoms with E-state index in [1.807, 2.05) is 0 Å². The van der Waals surface area contributed by atoms with Gasteiger partial charge in [-0.1, -0.05) is 12.1 Å². The number of para-hydroxylation sites is 2. The lowest BCUT2D eigenvalue weighted by molar-refractivity contribution is -0.133. The number of carbonyl (C=O) groups is 2. The van der Waals surface area contributed by atoms with Gasteiger partial charge in [0.2, 0.25) is 0 Å². The van der Waals surface area contributed by atoms with Crippen LogP contribution in [0.2, 0.25) is 0 Å². The van der Waals surface area contributed by atoms with E-state index >= 15 is 0 Å². The molecule has 0 saturated carbocycles. The van der Waals surface area contributed by atoms with Crippen LogP contribution in [0.5, 0.6) is 5.75 Å². The molecule has 0 unspecified atom stereocenters. The lowest BCUT2D eigenvalue weighted by Gasteiger charge is -2.11. The SMILES string of the molecule is CCOc1ccccc1NC(=O)C(=O)Nc1ccc(F)c(F)c1. The summed E-state index contributed by atoms with van der Waals surface area (Å²) < 4.78 is 31.2. The van der Waals surface area contributed by atoms with E-state index in [9.17, 15) is 18.4 Å². The van der Waals surface area contributed by atoms with Crippen LogP contribution >= 0.6 is 0 Å². The number of rotatable bonds is 4. The van der Waals surface area contributed by atoms with E-state index in [4.69, 9.17) is 4.74 Å². The Hall–Kier alpha value is -2.96. The van der Waals surface area contributed by atoms with Crippen molar-refractivity contribution in [1.82, 2.24) is 0 Å². The third kappa shape index (κ3) is 4.26. The Morgan fingerprint density at radius 3 is 2.39 bits per heavy atom. The average molecular weight is 320 g/mol. The molecule has 7 heteroatoms. The lowest BCUT2D eigenvalue weighted by atomic mass is 10.2. The molecule has 120 valence electrons. The first-order valence-corrected chi connectivity index (χ1v) is 6.80. The normalized spacial score (nSPS) is 10.0. The van der Waals surface area contributed by atoms with Gasteiger partial charge < -0.3 is 15.4 Å². The van der Waals surface area contributed by atoms with E-state index in [2.05, 4.69) is 10.6 Å². The van der Waals surface area contributed by atoms with Gasteiger partial charge >= 0.3 is 11.8 Å². The smallest absolute Gasteiger partial charge is 0.314 e. The highest BCUT2D eigenvalue weighted by Crippen LogP contribution is 2.23. The minimum atomic E-state index is -1.12. The third-order valence-electron chi connectivity index (χ3n) is 2.82. The van der Waals surface area contributed by atoms with Crippen LogP contribution in [0.25, 0.3) is 0 Å². The molecule has 0 radical (unpaired) electrons. The molecule has 0 aliphatic heterocycles. The Bertz CT molecular complexity index is 735. The summed E-state index contributed by atoms with van der Waals surface area (Å²) in [6.07, 6.45) is 0. The number of hydrogen-bond acceptors (Lipinski definition) is 3. The summed E-state index contributed by atoms with van der Waals surface area (Å²) in [7, 11) is 0. The standard InChI is InChI=1S/C16H14F2N2O3/c1-2-23-14-6-4-3-5-13(14)20-16(22)15(21)19-10-7-8-11(17)12(18)9-10/h3-9H,2H2,1H3,(H,19,21)(H,20,22). The van der Waals surface area contributed by atoms with Crippen molar-refractivity contribution in [1.29, 1.82) is 0 Å². The van der Waals surface area contributed by atoms with Crippen molar-refractivity contribution >= 4 is 23.2 Å². The second-order valence-corrected chi connectivity index (χ2v) is 4.47. The molecule has 2 aromatic rings. The molecule has 2 aromatic carbocycles. The average Bonchev–Trinajstić information content (AvgIpc) is 2.53. The number of amides is 2. The van der Waals surface area contributed by atoms with Crippen molar-refractivity contribution in [3.8, 4) is 5.75 Å². The fourth-order valence-electron chi connectivity index (χ4n) is 1.79. The zero-order chi connectivity index (χ0) is 16.8. The van der Waals surface area contributed by atoms with Crippen LogP contribution in [0.15, 0.2) is 42.5 Å². The molecule has 2 amide bonds. The number of benzene rings is 2. The second kappa shape index (κ2) is 7.35. The number of ether oxygens (including phenoxy) is 1. The van der Waals surface area contributed by atoms with E-state index in [-0.39, 0.29) is 5.69 Å². The molecule has 23 heavy (non-hydrogen) atoms. The predicted octanol–water partition coefficient (Wildman–Crippen LogP) is 2.94. The quantitative estimate of drug-likeness (QED) is 0.851. The first kappa shape index (κ1) is 16.4. The van der Waals surface area contributed by atoms with E-state index < -0.39 is 23.4 Å². The second-order valence-electron chi connectivity index (χ2n) is 4.47. The molecule has 0 atom stereocenters.